The van der Waals surface area contributed by atoms with Crippen LogP contribution >= 0.6 is 0 Å². The SMILES string of the molecule is NC1CCCCC1CC(=O)Nc1ccc(N2CCCC2)nc1. The number of anilines is 2. The van der Waals surface area contributed by atoms with Crippen LogP contribution in [0.3, 0.4) is 0 Å². The minimum absolute atomic E-state index is 0.0538. The van der Waals surface area contributed by atoms with Crippen molar-refractivity contribution in [2.75, 3.05) is 23.3 Å². The highest BCUT2D eigenvalue weighted by Crippen LogP contribution is 2.26. The number of nitrogens with zero attached hydrogens (tertiary/aromatic N) is 2. The van der Waals surface area contributed by atoms with E-state index in [9.17, 15) is 4.79 Å². The van der Waals surface area contributed by atoms with E-state index < -0.39 is 0 Å². The van der Waals surface area contributed by atoms with Crippen molar-refractivity contribution in [3.63, 3.8) is 0 Å². The second-order valence-electron chi connectivity index (χ2n) is 6.56. The first kappa shape index (κ1) is 15.3. The summed E-state index contributed by atoms with van der Waals surface area (Å²) in [5.74, 6) is 1.38. The molecule has 0 spiro atoms. The first-order valence-corrected chi connectivity index (χ1v) is 8.49. The van der Waals surface area contributed by atoms with Crippen molar-refractivity contribution >= 4 is 17.4 Å². The van der Waals surface area contributed by atoms with Crippen LogP contribution in [0.15, 0.2) is 18.3 Å². The summed E-state index contributed by atoms with van der Waals surface area (Å²) in [6, 6.07) is 4.11. The smallest absolute Gasteiger partial charge is 0.224 e. The lowest BCUT2D eigenvalue weighted by molar-refractivity contribution is -0.117. The van der Waals surface area contributed by atoms with Crippen LogP contribution in [0, 0.1) is 5.92 Å². The molecule has 1 aliphatic heterocycles. The van der Waals surface area contributed by atoms with Crippen molar-refractivity contribution in [1.82, 2.24) is 4.98 Å². The quantitative estimate of drug-likeness (QED) is 0.896. The topological polar surface area (TPSA) is 71.2 Å². The second kappa shape index (κ2) is 7.09. The number of nitrogens with one attached hydrogen (secondary N) is 1. The van der Waals surface area contributed by atoms with Gasteiger partial charge in [0.15, 0.2) is 0 Å². The summed E-state index contributed by atoms with van der Waals surface area (Å²) in [5.41, 5.74) is 6.89. The van der Waals surface area contributed by atoms with Gasteiger partial charge >= 0.3 is 0 Å². The first-order chi connectivity index (χ1) is 10.7. The van der Waals surface area contributed by atoms with Crippen molar-refractivity contribution in [1.29, 1.82) is 0 Å². The van der Waals surface area contributed by atoms with Gasteiger partial charge in [0.2, 0.25) is 5.91 Å². The molecular weight excluding hydrogens is 276 g/mol. The van der Waals surface area contributed by atoms with Crippen LogP contribution in [0.2, 0.25) is 0 Å². The summed E-state index contributed by atoms with van der Waals surface area (Å²) in [4.78, 5) is 18.9. The predicted octanol–water partition coefficient (Wildman–Crippen LogP) is 2.53. The average Bonchev–Trinajstić information content (AvgIpc) is 3.05. The zero-order chi connectivity index (χ0) is 15.4. The van der Waals surface area contributed by atoms with Gasteiger partial charge in [-0.15, -0.1) is 0 Å². The zero-order valence-corrected chi connectivity index (χ0v) is 13.1. The Kier molecular flexibility index (Phi) is 4.93. The Bertz CT molecular complexity index is 496. The van der Waals surface area contributed by atoms with Gasteiger partial charge in [0.05, 0.1) is 11.9 Å². The predicted molar refractivity (Wildman–Crippen MR) is 88.9 cm³/mol. The molecular formula is C17H26N4O. The van der Waals surface area contributed by atoms with Gasteiger partial charge in [0.1, 0.15) is 5.82 Å². The molecule has 2 atom stereocenters. The minimum Gasteiger partial charge on any atom is -0.357 e. The molecule has 0 aromatic carbocycles. The van der Waals surface area contributed by atoms with Crippen molar-refractivity contribution in [2.24, 2.45) is 11.7 Å². The number of pyridine rings is 1. The molecule has 1 saturated heterocycles. The maximum Gasteiger partial charge on any atom is 0.224 e. The number of rotatable bonds is 4. The Hall–Kier alpha value is -1.62. The molecule has 22 heavy (non-hydrogen) atoms. The summed E-state index contributed by atoms with van der Waals surface area (Å²) in [5, 5.41) is 2.95. The molecule has 1 aromatic heterocycles. The van der Waals surface area contributed by atoms with Crippen molar-refractivity contribution in [2.45, 2.75) is 51.0 Å². The number of aromatic nitrogens is 1. The Morgan fingerprint density at radius 1 is 1.23 bits per heavy atom. The molecule has 1 amide bonds. The van der Waals surface area contributed by atoms with Gasteiger partial charge in [-0.1, -0.05) is 12.8 Å². The molecule has 2 heterocycles. The first-order valence-electron chi connectivity index (χ1n) is 8.49. The average molecular weight is 302 g/mol. The van der Waals surface area contributed by atoms with Crippen LogP contribution in [0.5, 0.6) is 0 Å². The van der Waals surface area contributed by atoms with Gasteiger partial charge in [-0.3, -0.25) is 4.79 Å². The maximum atomic E-state index is 12.2. The summed E-state index contributed by atoms with van der Waals surface area (Å²) < 4.78 is 0. The van der Waals surface area contributed by atoms with E-state index in [0.717, 1.165) is 37.4 Å². The lowest BCUT2D eigenvalue weighted by Gasteiger charge is -2.27. The Morgan fingerprint density at radius 2 is 2.00 bits per heavy atom. The molecule has 2 fully saturated rings. The van der Waals surface area contributed by atoms with E-state index in [1.54, 1.807) is 6.20 Å². The monoisotopic (exact) mass is 302 g/mol. The highest BCUT2D eigenvalue weighted by molar-refractivity contribution is 5.90. The Morgan fingerprint density at radius 3 is 2.68 bits per heavy atom. The number of hydrogen-bond donors (Lipinski definition) is 2. The number of amides is 1. The molecule has 3 N–H and O–H groups in total. The third kappa shape index (κ3) is 3.77. The van der Waals surface area contributed by atoms with Crippen LogP contribution in [0.1, 0.15) is 44.9 Å². The largest absolute Gasteiger partial charge is 0.357 e. The van der Waals surface area contributed by atoms with Crippen LogP contribution < -0.4 is 16.0 Å². The molecule has 0 bridgehead atoms. The van der Waals surface area contributed by atoms with Crippen LogP contribution in [0.25, 0.3) is 0 Å². The normalized spacial score (nSPS) is 25.2. The van der Waals surface area contributed by atoms with Crippen molar-refractivity contribution in [3.8, 4) is 0 Å². The summed E-state index contributed by atoms with van der Waals surface area (Å²) in [6.45, 7) is 2.16. The fraction of sp³-hybridized carbons (Fsp3) is 0.647. The third-order valence-electron chi connectivity index (χ3n) is 4.88. The number of carbonyl (C=O) groups excluding carboxylic acids is 1. The van der Waals surface area contributed by atoms with Gasteiger partial charge in [-0.25, -0.2) is 4.98 Å². The summed E-state index contributed by atoms with van der Waals surface area (Å²) >= 11 is 0. The molecule has 1 aliphatic carbocycles. The highest BCUT2D eigenvalue weighted by Gasteiger charge is 2.24. The Balaban J connectivity index is 1.52. The molecule has 120 valence electrons. The number of nitrogens with two attached hydrogens (primary N) is 1. The molecule has 2 aliphatic rings. The van der Waals surface area contributed by atoms with E-state index >= 15 is 0 Å². The molecule has 1 saturated carbocycles. The molecule has 1 aromatic rings. The van der Waals surface area contributed by atoms with Gasteiger partial charge in [0.25, 0.3) is 0 Å². The van der Waals surface area contributed by atoms with E-state index in [1.165, 1.54) is 25.7 Å². The summed E-state index contributed by atoms with van der Waals surface area (Å²) in [6.07, 6.45) is 9.26. The van der Waals surface area contributed by atoms with Gasteiger partial charge in [0, 0.05) is 25.6 Å². The summed E-state index contributed by atoms with van der Waals surface area (Å²) in [7, 11) is 0. The van der Waals surface area contributed by atoms with E-state index in [1.807, 2.05) is 12.1 Å². The second-order valence-corrected chi connectivity index (χ2v) is 6.56. The van der Waals surface area contributed by atoms with E-state index in [4.69, 9.17) is 5.73 Å². The minimum atomic E-state index is 0.0538. The van der Waals surface area contributed by atoms with Crippen molar-refractivity contribution in [3.05, 3.63) is 18.3 Å². The molecule has 0 radical (unpaired) electrons. The van der Waals surface area contributed by atoms with Gasteiger partial charge in [-0.05, 0) is 43.7 Å². The molecule has 5 nitrogen and oxygen atoms in total. The van der Waals surface area contributed by atoms with Gasteiger partial charge < -0.3 is 16.0 Å². The fourth-order valence-corrected chi connectivity index (χ4v) is 3.53. The highest BCUT2D eigenvalue weighted by atomic mass is 16.1. The van der Waals surface area contributed by atoms with Crippen LogP contribution in [0.4, 0.5) is 11.5 Å². The van der Waals surface area contributed by atoms with Gasteiger partial charge in [-0.2, -0.15) is 0 Å². The maximum absolute atomic E-state index is 12.2. The van der Waals surface area contributed by atoms with Crippen LogP contribution in [-0.2, 0) is 4.79 Å². The zero-order valence-electron chi connectivity index (χ0n) is 13.1. The van der Waals surface area contributed by atoms with E-state index in [0.29, 0.717) is 12.3 Å². The molecule has 3 rings (SSSR count). The van der Waals surface area contributed by atoms with Crippen molar-refractivity contribution < 1.29 is 4.79 Å². The van der Waals surface area contributed by atoms with E-state index in [-0.39, 0.29) is 11.9 Å². The van der Waals surface area contributed by atoms with Crippen LogP contribution in [-0.4, -0.2) is 30.0 Å². The lowest BCUT2D eigenvalue weighted by atomic mass is 9.83. The van der Waals surface area contributed by atoms with E-state index in [2.05, 4.69) is 15.2 Å². The number of carbonyl (C=O) groups is 1. The molecule has 5 heteroatoms. The number of hydrogen-bond acceptors (Lipinski definition) is 4. The standard InChI is InChI=1S/C17H26N4O/c18-15-6-2-1-5-13(15)11-17(22)20-14-7-8-16(19-12-14)21-9-3-4-10-21/h7-8,12-13,15H,1-6,9-11,18H2,(H,20,22). The lowest BCUT2D eigenvalue weighted by Crippen LogP contribution is -2.35. The fourth-order valence-electron chi connectivity index (χ4n) is 3.53. The third-order valence-corrected chi connectivity index (χ3v) is 4.88. The molecule has 2 unspecified atom stereocenters. The Labute approximate surface area is 132 Å².